The lowest BCUT2D eigenvalue weighted by molar-refractivity contribution is 0.0685. The lowest BCUT2D eigenvalue weighted by atomic mass is 9.90. The summed E-state index contributed by atoms with van der Waals surface area (Å²) in [4.78, 5) is 19.8. The van der Waals surface area contributed by atoms with E-state index in [4.69, 9.17) is 4.74 Å². The lowest BCUT2D eigenvalue weighted by Gasteiger charge is -2.31. The fourth-order valence-electron chi connectivity index (χ4n) is 5.27. The van der Waals surface area contributed by atoms with Gasteiger partial charge in [-0.15, -0.1) is 0 Å². The Morgan fingerprint density at radius 1 is 1.12 bits per heavy atom. The largest absolute Gasteiger partial charge is 0.496 e. The Morgan fingerprint density at radius 2 is 1.91 bits per heavy atom. The van der Waals surface area contributed by atoms with Crippen LogP contribution in [-0.2, 0) is 19.4 Å². The normalized spacial score (nSPS) is 18.7. The molecule has 0 bridgehead atoms. The topological polar surface area (TPSA) is 47.4 Å². The molecule has 5 nitrogen and oxygen atoms in total. The number of fused-ring (bicyclic) bond motifs is 1. The van der Waals surface area contributed by atoms with E-state index in [1.54, 1.807) is 19.2 Å². The molecule has 33 heavy (non-hydrogen) atoms. The number of aryl methyl sites for hydroxylation is 1. The molecule has 1 amide bonds. The van der Waals surface area contributed by atoms with Crippen molar-refractivity contribution in [2.75, 3.05) is 20.2 Å². The van der Waals surface area contributed by atoms with Crippen LogP contribution in [0, 0.1) is 11.7 Å². The molecule has 1 fully saturated rings. The molecule has 2 aliphatic heterocycles. The van der Waals surface area contributed by atoms with Crippen LogP contribution >= 0.6 is 0 Å². The quantitative estimate of drug-likeness (QED) is 0.561. The van der Waals surface area contributed by atoms with Gasteiger partial charge in [-0.2, -0.15) is 0 Å². The van der Waals surface area contributed by atoms with Crippen molar-refractivity contribution in [2.45, 2.75) is 44.6 Å². The number of benzene rings is 2. The van der Waals surface area contributed by atoms with E-state index >= 15 is 0 Å². The summed E-state index contributed by atoms with van der Waals surface area (Å²) in [5, 5.41) is 0. The summed E-state index contributed by atoms with van der Waals surface area (Å²) in [6.07, 6.45) is 6.62. The Labute approximate surface area is 194 Å². The summed E-state index contributed by atoms with van der Waals surface area (Å²) in [5.74, 6) is 2.16. The number of hydrogen-bond acceptors (Lipinski definition) is 3. The Morgan fingerprint density at radius 3 is 2.67 bits per heavy atom. The van der Waals surface area contributed by atoms with Gasteiger partial charge in [-0.3, -0.25) is 4.79 Å². The van der Waals surface area contributed by atoms with Gasteiger partial charge < -0.3 is 14.2 Å². The standard InChI is InChI=1S/C27H30FN3O2/c1-33-25-9-8-22(28)16-23(25)21-7-10-26-29-24(18-31(26)17-21)27(32)30-13-11-20(12-14-30)15-19-5-3-2-4-6-19/h2-6,8-9,16,18,20-21H,7,10-15,17H2,1H3/t21-/m1/s1. The zero-order valence-electron chi connectivity index (χ0n) is 19.0. The van der Waals surface area contributed by atoms with Gasteiger partial charge in [0, 0.05) is 43.7 Å². The molecule has 1 aromatic heterocycles. The molecule has 1 atom stereocenters. The molecule has 5 rings (SSSR count). The minimum absolute atomic E-state index is 0.0231. The van der Waals surface area contributed by atoms with Gasteiger partial charge in [0.05, 0.1) is 7.11 Å². The van der Waals surface area contributed by atoms with Crippen LogP contribution in [0.3, 0.4) is 0 Å². The second kappa shape index (κ2) is 9.38. The zero-order chi connectivity index (χ0) is 22.8. The number of carbonyl (C=O) groups is 1. The Kier molecular flexibility index (Phi) is 6.16. The number of halogens is 1. The number of aromatic nitrogens is 2. The van der Waals surface area contributed by atoms with Gasteiger partial charge in [-0.25, -0.2) is 9.37 Å². The van der Waals surface area contributed by atoms with Gasteiger partial charge in [-0.1, -0.05) is 30.3 Å². The second-order valence-electron chi connectivity index (χ2n) is 9.24. The molecule has 6 heteroatoms. The summed E-state index contributed by atoms with van der Waals surface area (Å²) in [5.41, 5.74) is 2.78. The first kappa shape index (κ1) is 21.7. The van der Waals surface area contributed by atoms with Crippen LogP contribution in [0.4, 0.5) is 4.39 Å². The SMILES string of the molecule is COc1ccc(F)cc1[C@@H]1CCc2nc(C(=O)N3CCC(Cc4ccccc4)CC3)cn2C1. The predicted molar refractivity (Wildman–Crippen MR) is 125 cm³/mol. The van der Waals surface area contributed by atoms with Crippen molar-refractivity contribution in [2.24, 2.45) is 5.92 Å². The molecule has 1 saturated heterocycles. The van der Waals surface area contributed by atoms with Crippen LogP contribution in [0.5, 0.6) is 5.75 Å². The van der Waals surface area contributed by atoms with E-state index in [9.17, 15) is 9.18 Å². The maximum Gasteiger partial charge on any atom is 0.274 e. The molecule has 0 saturated carbocycles. The van der Waals surface area contributed by atoms with Crippen molar-refractivity contribution in [1.29, 1.82) is 0 Å². The van der Waals surface area contributed by atoms with Crippen LogP contribution < -0.4 is 4.74 Å². The van der Waals surface area contributed by atoms with Gasteiger partial charge >= 0.3 is 0 Å². The summed E-state index contributed by atoms with van der Waals surface area (Å²) < 4.78 is 21.4. The fraction of sp³-hybridized carbons (Fsp3) is 0.407. The number of carbonyl (C=O) groups excluding carboxylic acids is 1. The van der Waals surface area contributed by atoms with E-state index in [-0.39, 0.29) is 17.6 Å². The van der Waals surface area contributed by atoms with Gasteiger partial charge in [0.1, 0.15) is 23.1 Å². The maximum atomic E-state index is 13.9. The summed E-state index contributed by atoms with van der Waals surface area (Å²) in [7, 11) is 1.61. The van der Waals surface area contributed by atoms with Crippen molar-refractivity contribution in [3.05, 3.63) is 83.2 Å². The third-order valence-corrected chi connectivity index (χ3v) is 7.11. The number of likely N-dealkylation sites (tertiary alicyclic amines) is 1. The smallest absolute Gasteiger partial charge is 0.274 e. The first-order valence-electron chi connectivity index (χ1n) is 11.8. The fourth-order valence-corrected chi connectivity index (χ4v) is 5.27. The van der Waals surface area contributed by atoms with E-state index in [2.05, 4.69) is 33.8 Å². The van der Waals surface area contributed by atoms with E-state index in [1.165, 1.54) is 11.6 Å². The summed E-state index contributed by atoms with van der Waals surface area (Å²) in [6.45, 7) is 2.23. The summed E-state index contributed by atoms with van der Waals surface area (Å²) in [6, 6.07) is 15.3. The highest BCUT2D eigenvalue weighted by molar-refractivity contribution is 5.92. The maximum absolute atomic E-state index is 13.9. The minimum Gasteiger partial charge on any atom is -0.496 e. The second-order valence-corrected chi connectivity index (χ2v) is 9.24. The monoisotopic (exact) mass is 447 g/mol. The molecule has 2 aromatic carbocycles. The number of imidazole rings is 1. The molecule has 0 N–H and O–H groups in total. The first-order chi connectivity index (χ1) is 16.1. The first-order valence-corrected chi connectivity index (χ1v) is 11.8. The molecule has 2 aliphatic rings. The highest BCUT2D eigenvalue weighted by atomic mass is 19.1. The van der Waals surface area contributed by atoms with Crippen LogP contribution in [0.2, 0.25) is 0 Å². The Balaban J connectivity index is 1.23. The van der Waals surface area contributed by atoms with Crippen molar-refractivity contribution in [3.8, 4) is 5.75 Å². The van der Waals surface area contributed by atoms with Crippen LogP contribution in [0.25, 0.3) is 0 Å². The molecule has 3 aromatic rings. The molecule has 0 unspecified atom stereocenters. The van der Waals surface area contributed by atoms with E-state index < -0.39 is 0 Å². The van der Waals surface area contributed by atoms with Gasteiger partial charge in [0.25, 0.3) is 5.91 Å². The van der Waals surface area contributed by atoms with Crippen LogP contribution in [-0.4, -0.2) is 40.6 Å². The number of rotatable bonds is 5. The number of nitrogens with zero attached hydrogens (tertiary/aromatic N) is 3. The molecule has 3 heterocycles. The number of amides is 1. The molecule has 172 valence electrons. The number of ether oxygens (including phenoxy) is 1. The third-order valence-electron chi connectivity index (χ3n) is 7.11. The van der Waals surface area contributed by atoms with Gasteiger partial charge in [-0.05, 0) is 55.4 Å². The van der Waals surface area contributed by atoms with E-state index in [1.807, 2.05) is 17.2 Å². The zero-order valence-corrected chi connectivity index (χ0v) is 19.0. The third kappa shape index (κ3) is 4.65. The Bertz CT molecular complexity index is 1120. The molecule has 0 aliphatic carbocycles. The molecule has 0 radical (unpaired) electrons. The summed E-state index contributed by atoms with van der Waals surface area (Å²) >= 11 is 0. The molecular formula is C27H30FN3O2. The lowest BCUT2D eigenvalue weighted by Crippen LogP contribution is -2.39. The Hall–Kier alpha value is -3.15. The average Bonchev–Trinajstić information content (AvgIpc) is 3.28. The number of piperidine rings is 1. The van der Waals surface area contributed by atoms with Crippen molar-refractivity contribution in [3.63, 3.8) is 0 Å². The van der Waals surface area contributed by atoms with Crippen molar-refractivity contribution < 1.29 is 13.9 Å². The number of methoxy groups -OCH3 is 1. The van der Waals surface area contributed by atoms with E-state index in [0.29, 0.717) is 23.9 Å². The van der Waals surface area contributed by atoms with Crippen LogP contribution in [0.1, 0.15) is 52.6 Å². The minimum atomic E-state index is -0.256. The van der Waals surface area contributed by atoms with Crippen molar-refractivity contribution in [1.82, 2.24) is 14.5 Å². The highest BCUT2D eigenvalue weighted by Gasteiger charge is 2.29. The van der Waals surface area contributed by atoms with Crippen molar-refractivity contribution >= 4 is 5.91 Å². The van der Waals surface area contributed by atoms with Gasteiger partial charge in [0.2, 0.25) is 0 Å². The van der Waals surface area contributed by atoms with Crippen LogP contribution in [0.15, 0.2) is 54.7 Å². The average molecular weight is 448 g/mol. The molecule has 0 spiro atoms. The molecular weight excluding hydrogens is 417 g/mol. The van der Waals surface area contributed by atoms with E-state index in [0.717, 1.165) is 56.6 Å². The van der Waals surface area contributed by atoms with Gasteiger partial charge in [0.15, 0.2) is 0 Å². The highest BCUT2D eigenvalue weighted by Crippen LogP contribution is 2.35. The predicted octanol–water partition coefficient (Wildman–Crippen LogP) is 4.86. The number of hydrogen-bond donors (Lipinski definition) is 0.